The Morgan fingerprint density at radius 1 is 1.35 bits per heavy atom. The highest BCUT2D eigenvalue weighted by Gasteiger charge is 2.23. The maximum atomic E-state index is 11.6. The largest absolute Gasteiger partial charge is 0.324 e. The van der Waals surface area contributed by atoms with Crippen molar-refractivity contribution in [3.05, 3.63) is 40.5 Å². The van der Waals surface area contributed by atoms with E-state index in [0.29, 0.717) is 11.4 Å². The van der Waals surface area contributed by atoms with E-state index in [1.165, 1.54) is 0 Å². The molecule has 1 amide bonds. The van der Waals surface area contributed by atoms with Gasteiger partial charge in [0.25, 0.3) is 0 Å². The predicted octanol–water partition coefficient (Wildman–Crippen LogP) is 3.57. The molecule has 0 fully saturated rings. The summed E-state index contributed by atoms with van der Waals surface area (Å²) in [6.07, 6.45) is 0.355. The summed E-state index contributed by atoms with van der Waals surface area (Å²) in [4.78, 5) is 16.3. The zero-order chi connectivity index (χ0) is 16.1. The van der Waals surface area contributed by atoms with Crippen molar-refractivity contribution in [3.8, 4) is 11.3 Å². The maximum absolute atomic E-state index is 11.6. The number of hydrogen-bond donors (Lipinski definition) is 1. The summed E-state index contributed by atoms with van der Waals surface area (Å²) in [7, 11) is 0. The fourth-order valence-corrected chi connectivity index (χ4v) is 3.34. The van der Waals surface area contributed by atoms with E-state index in [1.54, 1.807) is 0 Å². The lowest BCUT2D eigenvalue weighted by Gasteiger charge is -2.09. The molecule has 3 aromatic rings. The van der Waals surface area contributed by atoms with E-state index in [-0.39, 0.29) is 5.91 Å². The van der Waals surface area contributed by atoms with Crippen LogP contribution in [-0.4, -0.2) is 20.7 Å². The number of rotatable bonds is 2. The Hall–Kier alpha value is -2.40. The highest BCUT2D eigenvalue weighted by molar-refractivity contribution is 6.34. The molecule has 0 atom stereocenters. The van der Waals surface area contributed by atoms with Crippen LogP contribution in [0.15, 0.2) is 24.3 Å². The van der Waals surface area contributed by atoms with Gasteiger partial charge >= 0.3 is 0 Å². The van der Waals surface area contributed by atoms with Crippen LogP contribution < -0.4 is 5.32 Å². The molecule has 0 saturated heterocycles. The molecule has 5 nitrogen and oxygen atoms in total. The van der Waals surface area contributed by atoms with Crippen LogP contribution in [0.25, 0.3) is 22.3 Å². The van der Waals surface area contributed by atoms with Gasteiger partial charge in [0.1, 0.15) is 11.0 Å². The average Bonchev–Trinajstić information content (AvgIpc) is 3.06. The quantitative estimate of drug-likeness (QED) is 0.783. The van der Waals surface area contributed by atoms with Crippen LogP contribution >= 0.6 is 11.6 Å². The van der Waals surface area contributed by atoms with Gasteiger partial charge in [-0.25, -0.2) is 4.98 Å². The molecule has 4 rings (SSSR count). The molecule has 2 aromatic heterocycles. The summed E-state index contributed by atoms with van der Waals surface area (Å²) in [5, 5.41) is 7.97. The normalized spacial score (nSPS) is 13.4. The van der Waals surface area contributed by atoms with Crippen molar-refractivity contribution in [1.29, 1.82) is 0 Å². The summed E-state index contributed by atoms with van der Waals surface area (Å²) in [5.41, 5.74) is 6.18. The van der Waals surface area contributed by atoms with Crippen molar-refractivity contribution in [1.82, 2.24) is 14.8 Å². The number of nitrogens with zero attached hydrogens (tertiary/aromatic N) is 3. The number of fused-ring (bicyclic) bond motifs is 2. The Labute approximate surface area is 138 Å². The summed E-state index contributed by atoms with van der Waals surface area (Å²) < 4.78 is 1.93. The SMILES string of the molecule is CCn1nc2ccc(C)nc2c1-c1cc(Cl)c2c(c1)CC(=O)N2. The molecule has 0 saturated carbocycles. The number of anilines is 1. The molecule has 0 aliphatic carbocycles. The summed E-state index contributed by atoms with van der Waals surface area (Å²) in [6.45, 7) is 4.74. The smallest absolute Gasteiger partial charge is 0.228 e. The van der Waals surface area contributed by atoms with Crippen molar-refractivity contribution in [2.24, 2.45) is 0 Å². The second-order valence-corrected chi connectivity index (χ2v) is 6.11. The molecule has 0 radical (unpaired) electrons. The van der Waals surface area contributed by atoms with Gasteiger partial charge in [-0.15, -0.1) is 0 Å². The number of halogens is 1. The summed E-state index contributed by atoms with van der Waals surface area (Å²) >= 11 is 6.37. The van der Waals surface area contributed by atoms with E-state index in [0.717, 1.165) is 45.8 Å². The third-order valence-electron chi connectivity index (χ3n) is 4.08. The number of amides is 1. The lowest BCUT2D eigenvalue weighted by atomic mass is 10.0. The number of nitrogens with one attached hydrogen (secondary N) is 1. The van der Waals surface area contributed by atoms with Gasteiger partial charge in [-0.05, 0) is 43.7 Å². The number of aryl methyl sites for hydroxylation is 2. The Balaban J connectivity index is 1.99. The zero-order valence-corrected chi connectivity index (χ0v) is 13.6. The topological polar surface area (TPSA) is 59.8 Å². The van der Waals surface area contributed by atoms with Crippen LogP contribution in [0.2, 0.25) is 5.02 Å². The number of carbonyl (C=O) groups is 1. The molecule has 0 bridgehead atoms. The minimum absolute atomic E-state index is 0.0260. The molecule has 6 heteroatoms. The third kappa shape index (κ3) is 2.19. The molecule has 116 valence electrons. The van der Waals surface area contributed by atoms with Crippen molar-refractivity contribution in [2.75, 3.05) is 5.32 Å². The first-order chi connectivity index (χ1) is 11.1. The monoisotopic (exact) mass is 326 g/mol. The predicted molar refractivity (Wildman–Crippen MR) is 90.7 cm³/mol. The number of aromatic nitrogens is 3. The standard InChI is InChI=1S/C17H15ClN4O/c1-3-22-17(16-13(21-22)5-4-9(2)19-16)11-6-10-8-14(23)20-15(10)12(18)7-11/h4-7H,3,8H2,1-2H3,(H,20,23). The molecule has 1 aromatic carbocycles. The Morgan fingerprint density at radius 3 is 2.96 bits per heavy atom. The van der Waals surface area contributed by atoms with Gasteiger partial charge in [0.05, 0.1) is 22.8 Å². The van der Waals surface area contributed by atoms with E-state index in [2.05, 4.69) is 15.4 Å². The third-order valence-corrected chi connectivity index (χ3v) is 4.38. The van der Waals surface area contributed by atoms with E-state index in [1.807, 2.05) is 42.8 Å². The average molecular weight is 327 g/mol. The van der Waals surface area contributed by atoms with Gasteiger partial charge in [0.15, 0.2) is 0 Å². The first kappa shape index (κ1) is 14.2. The van der Waals surface area contributed by atoms with Gasteiger partial charge in [-0.1, -0.05) is 11.6 Å². The number of hydrogen-bond acceptors (Lipinski definition) is 3. The maximum Gasteiger partial charge on any atom is 0.228 e. The number of benzene rings is 1. The molecule has 1 N–H and O–H groups in total. The molecule has 3 heterocycles. The molecule has 23 heavy (non-hydrogen) atoms. The highest BCUT2D eigenvalue weighted by atomic mass is 35.5. The first-order valence-corrected chi connectivity index (χ1v) is 7.91. The minimum Gasteiger partial charge on any atom is -0.324 e. The van der Waals surface area contributed by atoms with Crippen molar-refractivity contribution >= 4 is 34.2 Å². The second-order valence-electron chi connectivity index (χ2n) is 5.70. The minimum atomic E-state index is -0.0260. The summed E-state index contributed by atoms with van der Waals surface area (Å²) in [6, 6.07) is 7.81. The summed E-state index contributed by atoms with van der Waals surface area (Å²) in [5.74, 6) is -0.0260. The molecular formula is C17H15ClN4O. The molecule has 0 unspecified atom stereocenters. The first-order valence-electron chi connectivity index (χ1n) is 7.53. The van der Waals surface area contributed by atoms with Gasteiger partial charge in [0.2, 0.25) is 5.91 Å². The van der Waals surface area contributed by atoms with Crippen molar-refractivity contribution in [3.63, 3.8) is 0 Å². The van der Waals surface area contributed by atoms with Crippen molar-refractivity contribution in [2.45, 2.75) is 26.8 Å². The lowest BCUT2D eigenvalue weighted by Crippen LogP contribution is -2.03. The Kier molecular flexibility index (Phi) is 3.13. The van der Waals surface area contributed by atoms with Crippen LogP contribution in [0, 0.1) is 6.92 Å². The lowest BCUT2D eigenvalue weighted by molar-refractivity contribution is -0.115. The van der Waals surface area contributed by atoms with Gasteiger partial charge in [-0.3, -0.25) is 9.48 Å². The Morgan fingerprint density at radius 2 is 2.17 bits per heavy atom. The molecule has 0 spiro atoms. The number of pyridine rings is 1. The second kappa shape index (κ2) is 5.06. The zero-order valence-electron chi connectivity index (χ0n) is 12.9. The van der Waals surface area contributed by atoms with Crippen LogP contribution in [0.5, 0.6) is 0 Å². The highest BCUT2D eigenvalue weighted by Crippen LogP contribution is 2.37. The van der Waals surface area contributed by atoms with Crippen LogP contribution in [0.4, 0.5) is 5.69 Å². The fraction of sp³-hybridized carbons (Fsp3) is 0.235. The van der Waals surface area contributed by atoms with E-state index < -0.39 is 0 Å². The van der Waals surface area contributed by atoms with Gasteiger partial charge in [0, 0.05) is 17.8 Å². The van der Waals surface area contributed by atoms with E-state index >= 15 is 0 Å². The van der Waals surface area contributed by atoms with Crippen LogP contribution in [0.3, 0.4) is 0 Å². The van der Waals surface area contributed by atoms with Gasteiger partial charge in [-0.2, -0.15) is 5.10 Å². The molecular weight excluding hydrogens is 312 g/mol. The molecule has 1 aliphatic rings. The number of carbonyl (C=O) groups excluding carboxylic acids is 1. The van der Waals surface area contributed by atoms with E-state index in [9.17, 15) is 4.79 Å². The fourth-order valence-electron chi connectivity index (χ4n) is 3.06. The van der Waals surface area contributed by atoms with Crippen molar-refractivity contribution < 1.29 is 4.79 Å². The van der Waals surface area contributed by atoms with Crippen LogP contribution in [0.1, 0.15) is 18.2 Å². The molecule has 1 aliphatic heterocycles. The van der Waals surface area contributed by atoms with Gasteiger partial charge < -0.3 is 5.32 Å². The van der Waals surface area contributed by atoms with Crippen LogP contribution in [-0.2, 0) is 17.8 Å². The Bertz CT molecular complexity index is 961. The van der Waals surface area contributed by atoms with E-state index in [4.69, 9.17) is 11.6 Å².